The molecule has 0 saturated carbocycles. The monoisotopic (exact) mass is 531 g/mol. The molecule has 1 saturated heterocycles. The minimum Gasteiger partial charge on any atom is -0.374 e. The molecular formula is C22H38IN5O2. The zero-order chi connectivity index (χ0) is 21.1. The van der Waals surface area contributed by atoms with Crippen LogP contribution in [0.2, 0.25) is 0 Å². The van der Waals surface area contributed by atoms with Crippen molar-refractivity contribution in [1.29, 1.82) is 0 Å². The number of nitrogens with one attached hydrogen (secondary N) is 3. The second kappa shape index (κ2) is 14.6. The van der Waals surface area contributed by atoms with Crippen LogP contribution in [0.15, 0.2) is 29.3 Å². The number of carbonyl (C=O) groups is 1. The second-order valence-corrected chi connectivity index (χ2v) is 7.82. The molecule has 1 fully saturated rings. The van der Waals surface area contributed by atoms with Gasteiger partial charge in [-0.15, -0.1) is 24.0 Å². The number of morpholine rings is 1. The minimum atomic E-state index is -0.132. The first-order valence-electron chi connectivity index (χ1n) is 10.7. The molecule has 0 bridgehead atoms. The molecule has 30 heavy (non-hydrogen) atoms. The van der Waals surface area contributed by atoms with E-state index in [2.05, 4.69) is 52.7 Å². The van der Waals surface area contributed by atoms with Crippen molar-refractivity contribution in [2.24, 2.45) is 10.9 Å². The maximum Gasteiger partial charge on any atom is 0.246 e. The van der Waals surface area contributed by atoms with Crippen LogP contribution < -0.4 is 16.0 Å². The molecular weight excluding hydrogens is 493 g/mol. The fraction of sp³-hybridized carbons (Fsp3) is 0.636. The number of hydrogen-bond donors (Lipinski definition) is 3. The summed E-state index contributed by atoms with van der Waals surface area (Å²) >= 11 is 0. The largest absolute Gasteiger partial charge is 0.374 e. The van der Waals surface area contributed by atoms with Gasteiger partial charge in [-0.25, -0.2) is 4.99 Å². The lowest BCUT2D eigenvalue weighted by molar-refractivity contribution is -0.114. The molecule has 1 aliphatic heterocycles. The van der Waals surface area contributed by atoms with E-state index in [9.17, 15) is 4.79 Å². The lowest BCUT2D eigenvalue weighted by Gasteiger charge is -2.34. The van der Waals surface area contributed by atoms with Crippen LogP contribution in [0, 0.1) is 5.92 Å². The molecule has 0 aromatic heterocycles. The van der Waals surface area contributed by atoms with Crippen molar-refractivity contribution in [2.75, 3.05) is 51.2 Å². The number of guanidine groups is 1. The molecule has 0 spiro atoms. The number of carbonyl (C=O) groups excluding carboxylic acids is 1. The van der Waals surface area contributed by atoms with Crippen LogP contribution in [0.3, 0.4) is 0 Å². The molecule has 0 radical (unpaired) electrons. The van der Waals surface area contributed by atoms with E-state index in [-0.39, 0.29) is 42.5 Å². The molecule has 1 heterocycles. The van der Waals surface area contributed by atoms with Gasteiger partial charge in [0, 0.05) is 38.4 Å². The Morgan fingerprint density at radius 3 is 2.80 bits per heavy atom. The van der Waals surface area contributed by atoms with Crippen LogP contribution >= 0.6 is 24.0 Å². The highest BCUT2D eigenvalue weighted by molar-refractivity contribution is 14.0. The first-order valence-corrected chi connectivity index (χ1v) is 10.7. The number of aliphatic imine (C=N–C) groups is 1. The predicted molar refractivity (Wildman–Crippen MR) is 135 cm³/mol. The van der Waals surface area contributed by atoms with Crippen LogP contribution in [0.1, 0.15) is 33.3 Å². The molecule has 1 aromatic carbocycles. The van der Waals surface area contributed by atoms with Gasteiger partial charge < -0.3 is 20.7 Å². The summed E-state index contributed by atoms with van der Waals surface area (Å²) in [6, 6.07) is 7.90. The zero-order valence-electron chi connectivity index (χ0n) is 18.7. The smallest absolute Gasteiger partial charge is 0.246 e. The lowest BCUT2D eigenvalue weighted by atomic mass is 10.1. The van der Waals surface area contributed by atoms with Crippen molar-refractivity contribution in [1.82, 2.24) is 15.5 Å². The van der Waals surface area contributed by atoms with Gasteiger partial charge in [-0.2, -0.15) is 0 Å². The molecule has 1 amide bonds. The summed E-state index contributed by atoms with van der Waals surface area (Å²) in [5, 5.41) is 9.41. The standard InChI is InChI=1S/C22H37N5O2.HI/c1-5-18-8-7-9-19(12-18)26-21(28)14-25-22(23-6-2)24-13-20-16-27(10-11-29-20)15-17(3)4;/h7-9,12,17,20H,5-6,10-11,13-16H2,1-4H3,(H,26,28)(H2,23,24,25);1H. The third kappa shape index (κ3) is 10.1. The molecule has 1 unspecified atom stereocenters. The van der Waals surface area contributed by atoms with Crippen molar-refractivity contribution >= 4 is 41.5 Å². The van der Waals surface area contributed by atoms with Crippen molar-refractivity contribution in [3.8, 4) is 0 Å². The number of amides is 1. The Labute approximate surface area is 198 Å². The number of nitrogens with zero attached hydrogens (tertiary/aromatic N) is 2. The highest BCUT2D eigenvalue weighted by Crippen LogP contribution is 2.11. The van der Waals surface area contributed by atoms with E-state index in [1.807, 2.05) is 25.1 Å². The van der Waals surface area contributed by atoms with Crippen molar-refractivity contribution in [2.45, 2.75) is 40.2 Å². The number of hydrogen-bond acceptors (Lipinski definition) is 4. The zero-order valence-corrected chi connectivity index (χ0v) is 21.1. The number of halogens is 1. The number of ether oxygens (including phenoxy) is 1. The summed E-state index contributed by atoms with van der Waals surface area (Å²) in [6.07, 6.45) is 1.06. The molecule has 170 valence electrons. The highest BCUT2D eigenvalue weighted by atomic mass is 127. The lowest BCUT2D eigenvalue weighted by Crippen LogP contribution is -2.50. The van der Waals surface area contributed by atoms with Crippen LogP contribution in [0.25, 0.3) is 0 Å². The fourth-order valence-corrected chi connectivity index (χ4v) is 3.36. The van der Waals surface area contributed by atoms with E-state index in [0.717, 1.165) is 44.9 Å². The van der Waals surface area contributed by atoms with Crippen LogP contribution in [0.5, 0.6) is 0 Å². The molecule has 3 N–H and O–H groups in total. The van der Waals surface area contributed by atoms with Gasteiger partial charge in [-0.1, -0.05) is 32.9 Å². The number of aryl methyl sites for hydroxylation is 1. The molecule has 0 aliphatic carbocycles. The van der Waals surface area contributed by atoms with E-state index in [4.69, 9.17) is 4.74 Å². The first kappa shape index (κ1) is 26.6. The van der Waals surface area contributed by atoms with E-state index >= 15 is 0 Å². The molecule has 2 rings (SSSR count). The van der Waals surface area contributed by atoms with Gasteiger partial charge in [0.05, 0.1) is 12.7 Å². The Hall–Kier alpha value is -1.39. The Bertz CT molecular complexity index is 669. The molecule has 1 atom stereocenters. The Balaban J connectivity index is 0.00000450. The summed E-state index contributed by atoms with van der Waals surface area (Å²) < 4.78 is 5.88. The molecule has 1 aromatic rings. The van der Waals surface area contributed by atoms with Gasteiger partial charge >= 0.3 is 0 Å². The van der Waals surface area contributed by atoms with E-state index < -0.39 is 0 Å². The summed E-state index contributed by atoms with van der Waals surface area (Å²) in [6.45, 7) is 13.8. The minimum absolute atomic E-state index is 0. The fourth-order valence-electron chi connectivity index (χ4n) is 3.36. The van der Waals surface area contributed by atoms with E-state index in [1.165, 1.54) is 5.56 Å². The number of rotatable bonds is 9. The van der Waals surface area contributed by atoms with Crippen LogP contribution in [-0.4, -0.2) is 68.7 Å². The maximum atomic E-state index is 12.3. The summed E-state index contributed by atoms with van der Waals surface area (Å²) in [7, 11) is 0. The van der Waals surface area contributed by atoms with Crippen LogP contribution in [0.4, 0.5) is 5.69 Å². The Morgan fingerprint density at radius 1 is 1.30 bits per heavy atom. The van der Waals surface area contributed by atoms with Gasteiger partial charge in [0.25, 0.3) is 0 Å². The van der Waals surface area contributed by atoms with Gasteiger partial charge in [-0.05, 0) is 37.0 Å². The number of anilines is 1. The van der Waals surface area contributed by atoms with E-state index in [0.29, 0.717) is 18.4 Å². The average molecular weight is 531 g/mol. The predicted octanol–water partition coefficient (Wildman–Crippen LogP) is 2.72. The SMILES string of the molecule is CCNC(=NCC(=O)Nc1cccc(CC)c1)NCC1CN(CC(C)C)CCO1.I. The summed E-state index contributed by atoms with van der Waals surface area (Å²) in [4.78, 5) is 19.1. The second-order valence-electron chi connectivity index (χ2n) is 7.82. The Morgan fingerprint density at radius 2 is 2.10 bits per heavy atom. The van der Waals surface area contributed by atoms with Gasteiger partial charge in [0.15, 0.2) is 5.96 Å². The molecule has 1 aliphatic rings. The van der Waals surface area contributed by atoms with Crippen LogP contribution in [-0.2, 0) is 16.0 Å². The van der Waals surface area contributed by atoms with Crippen molar-refractivity contribution in [3.05, 3.63) is 29.8 Å². The third-order valence-electron chi connectivity index (χ3n) is 4.69. The molecule has 7 nitrogen and oxygen atoms in total. The number of benzene rings is 1. The quantitative estimate of drug-likeness (QED) is 0.260. The molecule has 8 heteroatoms. The topological polar surface area (TPSA) is 78.0 Å². The first-order chi connectivity index (χ1) is 14.0. The van der Waals surface area contributed by atoms with Crippen molar-refractivity contribution in [3.63, 3.8) is 0 Å². The third-order valence-corrected chi connectivity index (χ3v) is 4.69. The Kier molecular flexibility index (Phi) is 13.0. The average Bonchev–Trinajstić information content (AvgIpc) is 2.70. The van der Waals surface area contributed by atoms with Gasteiger partial charge in [0.2, 0.25) is 5.91 Å². The van der Waals surface area contributed by atoms with Gasteiger partial charge in [0.1, 0.15) is 6.54 Å². The van der Waals surface area contributed by atoms with Crippen molar-refractivity contribution < 1.29 is 9.53 Å². The van der Waals surface area contributed by atoms with E-state index in [1.54, 1.807) is 0 Å². The van der Waals surface area contributed by atoms with Gasteiger partial charge in [-0.3, -0.25) is 9.69 Å². The maximum absolute atomic E-state index is 12.3. The summed E-state index contributed by atoms with van der Waals surface area (Å²) in [5.41, 5.74) is 2.00. The summed E-state index contributed by atoms with van der Waals surface area (Å²) in [5.74, 6) is 1.15. The normalized spacial score (nSPS) is 17.4. The highest BCUT2D eigenvalue weighted by Gasteiger charge is 2.21.